The number of aromatic amines is 2. The van der Waals surface area contributed by atoms with E-state index in [0.29, 0.717) is 11.3 Å². The van der Waals surface area contributed by atoms with Crippen LogP contribution in [0.2, 0.25) is 0 Å². The third kappa shape index (κ3) is 10.6. The zero-order chi connectivity index (χ0) is 32.9. The number of aromatic nitrogens is 3. The Labute approximate surface area is 258 Å². The molecule has 0 aliphatic rings. The van der Waals surface area contributed by atoms with Crippen LogP contribution in [0.15, 0.2) is 48.0 Å². The number of guanidine groups is 1. The van der Waals surface area contributed by atoms with Crippen LogP contribution in [-0.4, -0.2) is 86.3 Å². The lowest BCUT2D eigenvalue weighted by atomic mass is 10.0. The van der Waals surface area contributed by atoms with Crippen molar-refractivity contribution >= 4 is 46.5 Å². The molecule has 242 valence electrons. The summed E-state index contributed by atoms with van der Waals surface area (Å²) in [5.41, 5.74) is 23.8. The minimum atomic E-state index is -1.29. The number of benzene rings is 1. The number of para-hydroxylation sites is 1. The molecule has 3 aromatic rings. The molecular formula is C28H39N11O6. The number of fused-ring (bicyclic) bond motifs is 1. The number of aliphatic carboxylic acids is 1. The highest BCUT2D eigenvalue weighted by molar-refractivity contribution is 5.95. The van der Waals surface area contributed by atoms with Gasteiger partial charge in [-0.1, -0.05) is 18.2 Å². The highest BCUT2D eigenvalue weighted by atomic mass is 16.4. The van der Waals surface area contributed by atoms with Gasteiger partial charge >= 0.3 is 5.97 Å². The van der Waals surface area contributed by atoms with Gasteiger partial charge in [0, 0.05) is 54.8 Å². The predicted octanol–water partition coefficient (Wildman–Crippen LogP) is -2.14. The summed E-state index contributed by atoms with van der Waals surface area (Å²) < 4.78 is 0. The van der Waals surface area contributed by atoms with E-state index in [1.165, 1.54) is 12.5 Å². The fourth-order valence-corrected chi connectivity index (χ4v) is 4.57. The van der Waals surface area contributed by atoms with Crippen LogP contribution >= 0.6 is 0 Å². The quantitative estimate of drug-likeness (QED) is 0.0415. The third-order valence-corrected chi connectivity index (χ3v) is 6.94. The van der Waals surface area contributed by atoms with Gasteiger partial charge < -0.3 is 54.0 Å². The average molecular weight is 626 g/mol. The molecule has 4 atom stereocenters. The number of nitrogens with zero attached hydrogens (tertiary/aromatic N) is 2. The zero-order valence-corrected chi connectivity index (χ0v) is 24.5. The maximum Gasteiger partial charge on any atom is 0.326 e. The van der Waals surface area contributed by atoms with Crippen LogP contribution in [0.4, 0.5) is 0 Å². The Balaban J connectivity index is 1.83. The summed E-state index contributed by atoms with van der Waals surface area (Å²) >= 11 is 0. The van der Waals surface area contributed by atoms with E-state index in [1.807, 2.05) is 24.3 Å². The molecule has 2 aromatic heterocycles. The number of hydrogen-bond donors (Lipinski definition) is 10. The molecule has 0 spiro atoms. The Kier molecular flexibility index (Phi) is 12.4. The molecule has 4 amide bonds. The number of H-pyrrole nitrogens is 2. The fourth-order valence-electron chi connectivity index (χ4n) is 4.57. The Morgan fingerprint density at radius 2 is 1.56 bits per heavy atom. The van der Waals surface area contributed by atoms with Gasteiger partial charge in [-0.05, 0) is 30.9 Å². The van der Waals surface area contributed by atoms with E-state index >= 15 is 0 Å². The van der Waals surface area contributed by atoms with Gasteiger partial charge in [0.25, 0.3) is 0 Å². The smallest absolute Gasteiger partial charge is 0.326 e. The minimum Gasteiger partial charge on any atom is -0.480 e. The normalized spacial score (nSPS) is 13.6. The summed E-state index contributed by atoms with van der Waals surface area (Å²) in [6, 6.07) is 2.49. The molecule has 2 heterocycles. The molecule has 0 saturated carbocycles. The molecule has 17 nitrogen and oxygen atoms in total. The van der Waals surface area contributed by atoms with Crippen LogP contribution in [-0.2, 0) is 36.8 Å². The minimum absolute atomic E-state index is 0.0189. The average Bonchev–Trinajstić information content (AvgIpc) is 3.66. The lowest BCUT2D eigenvalue weighted by Crippen LogP contribution is -2.58. The van der Waals surface area contributed by atoms with Crippen LogP contribution in [0.25, 0.3) is 10.9 Å². The van der Waals surface area contributed by atoms with Crippen molar-refractivity contribution in [3.05, 3.63) is 54.2 Å². The number of carbonyl (C=O) groups excluding carboxylic acids is 4. The third-order valence-electron chi connectivity index (χ3n) is 6.94. The van der Waals surface area contributed by atoms with Gasteiger partial charge in [0.2, 0.25) is 23.6 Å². The lowest BCUT2D eigenvalue weighted by molar-refractivity contribution is -0.142. The summed E-state index contributed by atoms with van der Waals surface area (Å²) in [7, 11) is 0. The molecule has 1 aromatic carbocycles. The van der Waals surface area contributed by atoms with Crippen molar-refractivity contribution in [3.8, 4) is 0 Å². The Bertz CT molecular complexity index is 1500. The molecule has 3 rings (SSSR count). The number of amides is 4. The number of hydrogen-bond acceptors (Lipinski definition) is 8. The number of carboxylic acids is 1. The topological polar surface area (TPSA) is 303 Å². The van der Waals surface area contributed by atoms with Gasteiger partial charge in [-0.15, -0.1) is 0 Å². The summed E-state index contributed by atoms with van der Waals surface area (Å²) in [5, 5.41) is 18.3. The van der Waals surface area contributed by atoms with E-state index in [1.54, 1.807) is 6.20 Å². The first-order chi connectivity index (χ1) is 21.4. The standard InChI is InChI=1S/C28H39N11O6/c29-18(7-8-23(30)40)24(41)38-21(10-15-12-35-19-5-2-1-4-17(15)19)25(42)39-22(11-16-13-33-14-36-16)26(43)37-20(27(44)45)6-3-9-34-28(31)32/h1-2,4-5,12-14,18,20-22,35H,3,6-11,29H2,(H2,30,40)(H,33,36)(H,37,43)(H,38,41)(H,39,42)(H,44,45)(H4,31,32,34). The van der Waals surface area contributed by atoms with Crippen LogP contribution in [0.3, 0.4) is 0 Å². The SMILES string of the molecule is NC(=O)CCC(N)C(=O)NC(Cc1c[nH]c2ccccc12)C(=O)NC(Cc1cnc[nH]1)C(=O)NC(CCCN=C(N)N)C(=O)O. The number of carboxylic acid groups (broad SMARTS) is 1. The highest BCUT2D eigenvalue weighted by Gasteiger charge is 2.31. The van der Waals surface area contributed by atoms with E-state index in [0.717, 1.165) is 10.9 Å². The predicted molar refractivity (Wildman–Crippen MR) is 164 cm³/mol. The number of primary amides is 1. The Morgan fingerprint density at radius 1 is 0.889 bits per heavy atom. The Hall–Kier alpha value is -5.45. The van der Waals surface area contributed by atoms with Crippen LogP contribution in [0, 0.1) is 0 Å². The number of rotatable bonds is 18. The van der Waals surface area contributed by atoms with Crippen LogP contribution in [0.1, 0.15) is 36.9 Å². The molecule has 4 unspecified atom stereocenters. The first-order valence-electron chi connectivity index (χ1n) is 14.2. The van der Waals surface area contributed by atoms with E-state index in [-0.39, 0.29) is 51.0 Å². The van der Waals surface area contributed by atoms with Gasteiger partial charge in [-0.25, -0.2) is 9.78 Å². The van der Waals surface area contributed by atoms with Gasteiger partial charge in [0.1, 0.15) is 18.1 Å². The second kappa shape index (κ2) is 16.4. The number of carbonyl (C=O) groups is 5. The molecule has 0 saturated heterocycles. The van der Waals surface area contributed by atoms with E-state index in [4.69, 9.17) is 22.9 Å². The first-order valence-corrected chi connectivity index (χ1v) is 14.2. The van der Waals surface area contributed by atoms with Crippen molar-refractivity contribution in [3.63, 3.8) is 0 Å². The number of nitrogens with two attached hydrogens (primary N) is 4. The summed E-state index contributed by atoms with van der Waals surface area (Å²) in [4.78, 5) is 77.0. The highest BCUT2D eigenvalue weighted by Crippen LogP contribution is 2.19. The number of nitrogens with one attached hydrogen (secondary N) is 5. The maximum atomic E-state index is 13.8. The molecule has 0 bridgehead atoms. The molecule has 0 fully saturated rings. The molecule has 14 N–H and O–H groups in total. The van der Waals surface area contributed by atoms with Crippen molar-refractivity contribution in [2.24, 2.45) is 27.9 Å². The molecular weight excluding hydrogens is 586 g/mol. The van der Waals surface area contributed by atoms with Crippen molar-refractivity contribution in [1.82, 2.24) is 30.9 Å². The number of imidazole rings is 1. The lowest BCUT2D eigenvalue weighted by Gasteiger charge is -2.25. The van der Waals surface area contributed by atoms with Gasteiger partial charge in [0.05, 0.1) is 12.4 Å². The zero-order valence-electron chi connectivity index (χ0n) is 24.5. The van der Waals surface area contributed by atoms with E-state index in [9.17, 15) is 29.1 Å². The van der Waals surface area contributed by atoms with Crippen molar-refractivity contribution in [1.29, 1.82) is 0 Å². The monoisotopic (exact) mass is 625 g/mol. The summed E-state index contributed by atoms with van der Waals surface area (Å²) in [5.74, 6) is -4.25. The molecule has 45 heavy (non-hydrogen) atoms. The van der Waals surface area contributed by atoms with Crippen molar-refractivity contribution in [2.75, 3.05) is 6.54 Å². The molecule has 0 radical (unpaired) electrons. The summed E-state index contributed by atoms with van der Waals surface area (Å²) in [6.45, 7) is 0.160. The second-order valence-corrected chi connectivity index (χ2v) is 10.4. The van der Waals surface area contributed by atoms with Crippen molar-refractivity contribution < 1.29 is 29.1 Å². The molecule has 0 aliphatic carbocycles. The molecule has 17 heteroatoms. The van der Waals surface area contributed by atoms with E-state index in [2.05, 4.69) is 35.9 Å². The van der Waals surface area contributed by atoms with Gasteiger partial charge in [-0.3, -0.25) is 24.2 Å². The van der Waals surface area contributed by atoms with Crippen molar-refractivity contribution in [2.45, 2.75) is 62.7 Å². The van der Waals surface area contributed by atoms with Gasteiger partial charge in [-0.2, -0.15) is 0 Å². The fraction of sp³-hybridized carbons (Fsp3) is 0.393. The van der Waals surface area contributed by atoms with Crippen LogP contribution < -0.4 is 38.9 Å². The Morgan fingerprint density at radius 3 is 2.20 bits per heavy atom. The summed E-state index contributed by atoms with van der Waals surface area (Å²) in [6.07, 6.45) is 4.63. The molecule has 0 aliphatic heterocycles. The largest absolute Gasteiger partial charge is 0.480 e. The maximum absolute atomic E-state index is 13.8. The second-order valence-electron chi connectivity index (χ2n) is 10.4. The first kappa shape index (κ1) is 34.0. The number of aliphatic imine (C=N–C) groups is 1. The van der Waals surface area contributed by atoms with E-state index < -0.39 is 53.8 Å². The van der Waals surface area contributed by atoms with Gasteiger partial charge in [0.15, 0.2) is 5.96 Å². The van der Waals surface area contributed by atoms with Crippen LogP contribution in [0.5, 0.6) is 0 Å².